The van der Waals surface area contributed by atoms with E-state index in [1.807, 2.05) is 24.3 Å². The minimum atomic E-state index is -0.491. The van der Waals surface area contributed by atoms with Crippen molar-refractivity contribution in [2.24, 2.45) is 5.41 Å². The summed E-state index contributed by atoms with van der Waals surface area (Å²) in [6, 6.07) is 7.50. The van der Waals surface area contributed by atoms with Gasteiger partial charge in [-0.3, -0.25) is 4.79 Å². The molecule has 1 aromatic heterocycles. The number of nitrogens with one attached hydrogen (secondary N) is 2. The lowest BCUT2D eigenvalue weighted by Gasteiger charge is -2.37. The Morgan fingerprint density at radius 1 is 1.31 bits per heavy atom. The summed E-state index contributed by atoms with van der Waals surface area (Å²) in [6.45, 7) is 7.32. The van der Waals surface area contributed by atoms with Crippen molar-refractivity contribution in [1.29, 1.82) is 0 Å². The summed E-state index contributed by atoms with van der Waals surface area (Å²) in [5.74, 6) is -0.586. The quantitative estimate of drug-likeness (QED) is 0.804. The van der Waals surface area contributed by atoms with Crippen LogP contribution < -0.4 is 5.32 Å². The van der Waals surface area contributed by atoms with Gasteiger partial charge >= 0.3 is 5.97 Å². The molecule has 1 aliphatic heterocycles. The fourth-order valence-corrected chi connectivity index (χ4v) is 3.72. The highest BCUT2D eigenvalue weighted by atomic mass is 16.5. The average molecular weight is 357 g/mol. The van der Waals surface area contributed by atoms with E-state index in [-0.39, 0.29) is 11.6 Å². The summed E-state index contributed by atoms with van der Waals surface area (Å²) in [4.78, 5) is 30.0. The maximum atomic E-state index is 12.5. The summed E-state index contributed by atoms with van der Waals surface area (Å²) < 4.78 is 4.84. The Balaban J connectivity index is 1.70. The number of aromatic amines is 1. The Morgan fingerprint density at radius 2 is 2.08 bits per heavy atom. The van der Waals surface area contributed by atoms with Crippen molar-refractivity contribution in [2.45, 2.75) is 33.1 Å². The molecule has 1 fully saturated rings. The molecule has 0 saturated carbocycles. The number of nitrogens with zero attached hydrogens (tertiary/aromatic N) is 1. The number of carbonyl (C=O) groups is 2. The lowest BCUT2D eigenvalue weighted by Crippen LogP contribution is -2.41. The van der Waals surface area contributed by atoms with Crippen molar-refractivity contribution in [3.63, 3.8) is 0 Å². The molecule has 140 valence electrons. The number of likely N-dealkylation sites (tertiary alicyclic amines) is 1. The Hall–Kier alpha value is -2.34. The fraction of sp³-hybridized carbons (Fsp3) is 0.500. The van der Waals surface area contributed by atoms with E-state index in [0.29, 0.717) is 17.5 Å². The minimum Gasteiger partial charge on any atom is -0.464 e. The van der Waals surface area contributed by atoms with Crippen molar-refractivity contribution in [2.75, 3.05) is 32.1 Å². The first kappa shape index (κ1) is 18.5. The number of piperidine rings is 1. The van der Waals surface area contributed by atoms with Crippen LogP contribution in [-0.4, -0.2) is 48.5 Å². The van der Waals surface area contributed by atoms with E-state index < -0.39 is 5.97 Å². The Morgan fingerprint density at radius 3 is 2.81 bits per heavy atom. The zero-order valence-electron chi connectivity index (χ0n) is 15.7. The number of carbonyl (C=O) groups excluding carboxylic acids is 2. The molecule has 6 heteroatoms. The van der Waals surface area contributed by atoms with Gasteiger partial charge in [-0.05, 0) is 30.9 Å². The highest BCUT2D eigenvalue weighted by Crippen LogP contribution is 2.29. The molecule has 0 spiro atoms. The molecule has 26 heavy (non-hydrogen) atoms. The topological polar surface area (TPSA) is 74.4 Å². The van der Waals surface area contributed by atoms with Gasteiger partial charge in [-0.1, -0.05) is 32.0 Å². The monoisotopic (exact) mass is 357 g/mol. The minimum absolute atomic E-state index is 0.0942. The predicted octanol–water partition coefficient (Wildman–Crippen LogP) is 3.41. The van der Waals surface area contributed by atoms with Gasteiger partial charge in [0.05, 0.1) is 12.8 Å². The number of aromatic nitrogens is 1. The van der Waals surface area contributed by atoms with Crippen LogP contribution >= 0.6 is 0 Å². The van der Waals surface area contributed by atoms with Crippen LogP contribution in [0.2, 0.25) is 0 Å². The predicted molar refractivity (Wildman–Crippen MR) is 102 cm³/mol. The Bertz CT molecular complexity index is 810. The van der Waals surface area contributed by atoms with Crippen LogP contribution in [0.5, 0.6) is 0 Å². The second kappa shape index (κ2) is 7.50. The van der Waals surface area contributed by atoms with E-state index in [0.717, 1.165) is 30.5 Å². The highest BCUT2D eigenvalue weighted by Gasteiger charge is 2.26. The van der Waals surface area contributed by atoms with Crippen LogP contribution in [-0.2, 0) is 9.53 Å². The number of H-pyrrole nitrogens is 1. The zero-order valence-corrected chi connectivity index (χ0v) is 15.7. The van der Waals surface area contributed by atoms with Crippen molar-refractivity contribution in [3.05, 3.63) is 30.0 Å². The first-order valence-corrected chi connectivity index (χ1v) is 9.11. The van der Waals surface area contributed by atoms with E-state index in [1.54, 1.807) is 0 Å². The average Bonchev–Trinajstić information content (AvgIpc) is 2.97. The summed E-state index contributed by atoms with van der Waals surface area (Å²) in [7, 11) is 1.33. The molecule has 0 unspecified atom stereocenters. The maximum Gasteiger partial charge on any atom is 0.356 e. The number of benzene rings is 1. The van der Waals surface area contributed by atoms with Crippen molar-refractivity contribution < 1.29 is 14.3 Å². The fourth-order valence-electron chi connectivity index (χ4n) is 3.72. The van der Waals surface area contributed by atoms with Crippen LogP contribution in [0.25, 0.3) is 10.9 Å². The van der Waals surface area contributed by atoms with Gasteiger partial charge in [0.1, 0.15) is 5.69 Å². The third kappa shape index (κ3) is 4.07. The van der Waals surface area contributed by atoms with Gasteiger partial charge in [-0.15, -0.1) is 0 Å². The summed E-state index contributed by atoms with van der Waals surface area (Å²) in [6.07, 6.45) is 2.80. The largest absolute Gasteiger partial charge is 0.464 e. The number of fused-ring (bicyclic) bond motifs is 1. The molecule has 2 heterocycles. The number of esters is 1. The molecule has 0 aliphatic carbocycles. The molecule has 6 nitrogen and oxygen atoms in total. The van der Waals surface area contributed by atoms with Crippen LogP contribution in [0.1, 0.15) is 43.6 Å². The van der Waals surface area contributed by atoms with E-state index in [9.17, 15) is 9.59 Å². The third-order valence-corrected chi connectivity index (χ3v) is 4.99. The van der Waals surface area contributed by atoms with Crippen LogP contribution in [0.15, 0.2) is 24.3 Å². The second-order valence-electron chi connectivity index (χ2n) is 7.75. The first-order chi connectivity index (χ1) is 12.4. The second-order valence-corrected chi connectivity index (χ2v) is 7.75. The first-order valence-electron chi connectivity index (χ1n) is 9.11. The van der Waals surface area contributed by atoms with Gasteiger partial charge in [0.25, 0.3) is 0 Å². The molecule has 2 aromatic rings. The Kier molecular flexibility index (Phi) is 5.32. The number of rotatable bonds is 5. The van der Waals surface area contributed by atoms with Gasteiger partial charge < -0.3 is 19.9 Å². The van der Waals surface area contributed by atoms with E-state index in [4.69, 9.17) is 4.74 Å². The van der Waals surface area contributed by atoms with E-state index in [2.05, 4.69) is 29.0 Å². The summed E-state index contributed by atoms with van der Waals surface area (Å²) in [5.41, 5.74) is 1.88. The molecular weight excluding hydrogens is 330 g/mol. The maximum absolute atomic E-state index is 12.5. The van der Waals surface area contributed by atoms with Gasteiger partial charge in [-0.25, -0.2) is 4.79 Å². The number of methoxy groups -OCH3 is 1. The Labute approximate surface area is 153 Å². The SMILES string of the molecule is COC(=O)c1[nH]c2ccccc2c1NC(=O)CCN1CCCC(C)(C)C1. The van der Waals surface area contributed by atoms with Gasteiger partial charge in [-0.2, -0.15) is 0 Å². The van der Waals surface area contributed by atoms with E-state index >= 15 is 0 Å². The number of hydrogen-bond donors (Lipinski definition) is 2. The number of para-hydroxylation sites is 1. The molecule has 0 bridgehead atoms. The molecule has 1 aliphatic rings. The number of amides is 1. The molecule has 3 rings (SSSR count). The zero-order chi connectivity index (χ0) is 18.7. The van der Waals surface area contributed by atoms with Crippen LogP contribution in [0.4, 0.5) is 5.69 Å². The van der Waals surface area contributed by atoms with Crippen molar-refractivity contribution >= 4 is 28.5 Å². The van der Waals surface area contributed by atoms with Gasteiger partial charge in [0.2, 0.25) is 5.91 Å². The molecular formula is C20H27N3O3. The lowest BCUT2D eigenvalue weighted by atomic mass is 9.84. The van der Waals surface area contributed by atoms with Gasteiger partial charge in [0, 0.05) is 30.4 Å². The van der Waals surface area contributed by atoms with Crippen molar-refractivity contribution in [3.8, 4) is 0 Å². The molecule has 0 atom stereocenters. The molecule has 1 aromatic carbocycles. The molecule has 2 N–H and O–H groups in total. The standard InChI is InChI=1S/C20H27N3O3/c1-20(2)10-6-11-23(13-20)12-9-16(24)22-17-14-7-4-5-8-15(14)21-18(17)19(25)26-3/h4-5,7-8,21H,6,9-13H2,1-3H3,(H,22,24). The van der Waals surface area contributed by atoms with Crippen LogP contribution in [0.3, 0.4) is 0 Å². The number of anilines is 1. The summed E-state index contributed by atoms with van der Waals surface area (Å²) >= 11 is 0. The van der Waals surface area contributed by atoms with Crippen LogP contribution in [0, 0.1) is 5.41 Å². The van der Waals surface area contributed by atoms with Gasteiger partial charge in [0.15, 0.2) is 0 Å². The number of hydrogen-bond acceptors (Lipinski definition) is 4. The molecule has 1 saturated heterocycles. The third-order valence-electron chi connectivity index (χ3n) is 4.99. The normalized spacial score (nSPS) is 17.2. The smallest absolute Gasteiger partial charge is 0.356 e. The molecule has 1 amide bonds. The van der Waals surface area contributed by atoms with Crippen molar-refractivity contribution in [1.82, 2.24) is 9.88 Å². The number of ether oxygens (including phenoxy) is 1. The molecule has 0 radical (unpaired) electrons. The lowest BCUT2D eigenvalue weighted by molar-refractivity contribution is -0.116. The summed E-state index contributed by atoms with van der Waals surface area (Å²) in [5, 5.41) is 3.72. The van der Waals surface area contributed by atoms with E-state index in [1.165, 1.54) is 20.0 Å². The highest BCUT2D eigenvalue weighted by molar-refractivity contribution is 6.10.